The summed E-state index contributed by atoms with van der Waals surface area (Å²) in [6, 6.07) is 2.44. The van der Waals surface area contributed by atoms with Crippen LogP contribution in [0.5, 0.6) is 0 Å². The van der Waals surface area contributed by atoms with E-state index in [4.69, 9.17) is 11.6 Å². The Morgan fingerprint density at radius 1 is 1.37 bits per heavy atom. The molecule has 2 N–H and O–H groups in total. The Kier molecular flexibility index (Phi) is 5.05. The first kappa shape index (κ1) is 15.6. The molecule has 7 heteroatoms. The molecule has 0 aromatic heterocycles. The maximum Gasteiger partial charge on any atom is 0.416 e. The summed E-state index contributed by atoms with van der Waals surface area (Å²) >= 11 is 5.64. The molecule has 0 bridgehead atoms. The van der Waals surface area contributed by atoms with Gasteiger partial charge >= 0.3 is 6.18 Å². The molecule has 1 aromatic carbocycles. The standard InChI is InChI=1S/C12H14ClF3N2O/c1-3-17-11(19)7(2)18-10-5-8(12(14,15)16)4-9(13)6-10/h4-7,18H,3H2,1-2H3,(H,17,19). The van der Waals surface area contributed by atoms with E-state index in [1.165, 1.54) is 6.07 Å². The lowest BCUT2D eigenvalue weighted by atomic mass is 10.1. The van der Waals surface area contributed by atoms with E-state index in [0.717, 1.165) is 12.1 Å². The van der Waals surface area contributed by atoms with Crippen LogP contribution in [0.25, 0.3) is 0 Å². The highest BCUT2D eigenvalue weighted by Gasteiger charge is 2.31. The highest BCUT2D eigenvalue weighted by atomic mass is 35.5. The molecule has 0 aliphatic rings. The van der Waals surface area contributed by atoms with Crippen LogP contribution in [0.3, 0.4) is 0 Å². The minimum absolute atomic E-state index is 0.0413. The number of alkyl halides is 3. The van der Waals surface area contributed by atoms with E-state index in [-0.39, 0.29) is 16.6 Å². The topological polar surface area (TPSA) is 41.1 Å². The van der Waals surface area contributed by atoms with E-state index in [1.54, 1.807) is 13.8 Å². The van der Waals surface area contributed by atoms with Gasteiger partial charge < -0.3 is 10.6 Å². The van der Waals surface area contributed by atoms with E-state index < -0.39 is 17.8 Å². The molecule has 0 aliphatic carbocycles. The highest BCUT2D eigenvalue weighted by molar-refractivity contribution is 6.31. The van der Waals surface area contributed by atoms with Crippen molar-refractivity contribution in [1.29, 1.82) is 0 Å². The van der Waals surface area contributed by atoms with Crippen LogP contribution in [-0.4, -0.2) is 18.5 Å². The summed E-state index contributed by atoms with van der Waals surface area (Å²) < 4.78 is 37.8. The van der Waals surface area contributed by atoms with E-state index in [1.807, 2.05) is 0 Å². The molecule has 1 rings (SSSR count). The van der Waals surface area contributed by atoms with Gasteiger partial charge in [-0.3, -0.25) is 4.79 Å². The molecule has 0 radical (unpaired) electrons. The smallest absolute Gasteiger partial charge is 0.374 e. The molecule has 19 heavy (non-hydrogen) atoms. The van der Waals surface area contributed by atoms with Crippen molar-refractivity contribution in [1.82, 2.24) is 5.32 Å². The summed E-state index contributed by atoms with van der Waals surface area (Å²) in [5, 5.41) is 5.21. The number of halogens is 4. The second-order valence-electron chi connectivity index (χ2n) is 3.99. The Morgan fingerprint density at radius 2 is 2.00 bits per heavy atom. The summed E-state index contributed by atoms with van der Waals surface area (Å²) in [6.07, 6.45) is -4.48. The molecule has 0 aliphatic heterocycles. The fourth-order valence-electron chi connectivity index (χ4n) is 1.48. The van der Waals surface area contributed by atoms with Crippen molar-refractivity contribution >= 4 is 23.2 Å². The molecular weight excluding hydrogens is 281 g/mol. The molecule has 0 saturated carbocycles. The minimum Gasteiger partial charge on any atom is -0.374 e. The lowest BCUT2D eigenvalue weighted by molar-refractivity contribution is -0.137. The quantitative estimate of drug-likeness (QED) is 0.894. The molecule has 3 nitrogen and oxygen atoms in total. The number of nitrogens with one attached hydrogen (secondary N) is 2. The number of carbonyl (C=O) groups is 1. The Labute approximate surface area is 114 Å². The van der Waals surface area contributed by atoms with Crippen LogP contribution in [0.2, 0.25) is 5.02 Å². The van der Waals surface area contributed by atoms with Crippen molar-refractivity contribution in [2.24, 2.45) is 0 Å². The lowest BCUT2D eigenvalue weighted by Gasteiger charge is -2.16. The van der Waals surface area contributed by atoms with Gasteiger partial charge in [0.15, 0.2) is 0 Å². The van der Waals surface area contributed by atoms with Crippen LogP contribution in [0.1, 0.15) is 19.4 Å². The molecular formula is C12H14ClF3N2O. The highest BCUT2D eigenvalue weighted by Crippen LogP contribution is 2.33. The molecule has 1 amide bonds. The molecule has 1 unspecified atom stereocenters. The van der Waals surface area contributed by atoms with Crippen LogP contribution in [0, 0.1) is 0 Å². The number of amides is 1. The van der Waals surface area contributed by atoms with Gasteiger partial charge in [0.05, 0.1) is 5.56 Å². The van der Waals surface area contributed by atoms with Crippen LogP contribution in [0.15, 0.2) is 18.2 Å². The van der Waals surface area contributed by atoms with Crippen molar-refractivity contribution in [2.75, 3.05) is 11.9 Å². The van der Waals surface area contributed by atoms with Crippen molar-refractivity contribution in [2.45, 2.75) is 26.1 Å². The Bertz CT molecular complexity index is 463. The molecule has 1 atom stereocenters. The first-order valence-corrected chi connectivity index (χ1v) is 6.04. The number of likely N-dealkylation sites (N-methyl/N-ethyl adjacent to an activating group) is 1. The van der Waals surface area contributed by atoms with Gasteiger partial charge in [0.25, 0.3) is 0 Å². The van der Waals surface area contributed by atoms with Gasteiger partial charge in [-0.1, -0.05) is 11.6 Å². The second kappa shape index (κ2) is 6.14. The zero-order valence-corrected chi connectivity index (χ0v) is 11.2. The Morgan fingerprint density at radius 3 is 2.53 bits per heavy atom. The van der Waals surface area contributed by atoms with Crippen molar-refractivity contribution in [3.63, 3.8) is 0 Å². The monoisotopic (exact) mass is 294 g/mol. The Hall–Kier alpha value is -1.43. The maximum absolute atomic E-state index is 12.6. The number of carbonyl (C=O) groups excluding carboxylic acids is 1. The molecule has 0 fully saturated rings. The Balaban J connectivity index is 2.90. The lowest BCUT2D eigenvalue weighted by Crippen LogP contribution is -2.37. The predicted octanol–water partition coefficient (Wildman–Crippen LogP) is 3.30. The van der Waals surface area contributed by atoms with E-state index >= 15 is 0 Å². The summed E-state index contributed by atoms with van der Waals surface area (Å²) in [6.45, 7) is 3.76. The number of rotatable bonds is 4. The average molecular weight is 295 g/mol. The number of anilines is 1. The van der Waals surface area contributed by atoms with Crippen molar-refractivity contribution < 1.29 is 18.0 Å². The number of benzene rings is 1. The first-order chi connectivity index (χ1) is 8.74. The normalized spacial score (nSPS) is 12.9. The second-order valence-corrected chi connectivity index (χ2v) is 4.42. The van der Waals surface area contributed by atoms with Crippen LogP contribution in [0.4, 0.5) is 18.9 Å². The van der Waals surface area contributed by atoms with E-state index in [9.17, 15) is 18.0 Å². The van der Waals surface area contributed by atoms with E-state index in [2.05, 4.69) is 10.6 Å². The first-order valence-electron chi connectivity index (χ1n) is 5.66. The van der Waals surface area contributed by atoms with Gasteiger partial charge in [0.1, 0.15) is 6.04 Å². The zero-order chi connectivity index (χ0) is 14.6. The predicted molar refractivity (Wildman–Crippen MR) is 68.2 cm³/mol. The van der Waals surface area contributed by atoms with E-state index in [0.29, 0.717) is 6.54 Å². The van der Waals surface area contributed by atoms with Gasteiger partial charge in [-0.25, -0.2) is 0 Å². The van der Waals surface area contributed by atoms with Gasteiger partial charge in [-0.05, 0) is 32.0 Å². The van der Waals surface area contributed by atoms with Gasteiger partial charge in [0, 0.05) is 17.3 Å². The fourth-order valence-corrected chi connectivity index (χ4v) is 1.71. The number of hydrogen-bond donors (Lipinski definition) is 2. The molecule has 106 valence electrons. The third-order valence-corrected chi connectivity index (χ3v) is 2.57. The molecule has 0 saturated heterocycles. The van der Waals surface area contributed by atoms with Crippen molar-refractivity contribution in [3.8, 4) is 0 Å². The van der Waals surface area contributed by atoms with Crippen LogP contribution >= 0.6 is 11.6 Å². The fraction of sp³-hybridized carbons (Fsp3) is 0.417. The third-order valence-electron chi connectivity index (χ3n) is 2.35. The molecule has 0 heterocycles. The SMILES string of the molecule is CCNC(=O)C(C)Nc1cc(Cl)cc(C(F)(F)F)c1. The zero-order valence-electron chi connectivity index (χ0n) is 10.4. The van der Waals surface area contributed by atoms with Crippen molar-refractivity contribution in [3.05, 3.63) is 28.8 Å². The third kappa shape index (κ3) is 4.63. The summed E-state index contributed by atoms with van der Waals surface area (Å²) in [4.78, 5) is 11.5. The summed E-state index contributed by atoms with van der Waals surface area (Å²) in [7, 11) is 0. The van der Waals surface area contributed by atoms with Gasteiger partial charge in [-0.15, -0.1) is 0 Å². The summed E-state index contributed by atoms with van der Waals surface area (Å²) in [5.41, 5.74) is -0.704. The average Bonchev–Trinajstić information content (AvgIpc) is 2.27. The number of hydrogen-bond acceptors (Lipinski definition) is 2. The van der Waals surface area contributed by atoms with Gasteiger partial charge in [-0.2, -0.15) is 13.2 Å². The minimum atomic E-state index is -4.48. The molecule has 0 spiro atoms. The largest absolute Gasteiger partial charge is 0.416 e. The van der Waals surface area contributed by atoms with Crippen LogP contribution < -0.4 is 10.6 Å². The van der Waals surface area contributed by atoms with Crippen LogP contribution in [-0.2, 0) is 11.0 Å². The maximum atomic E-state index is 12.6. The summed E-state index contributed by atoms with van der Waals surface area (Å²) in [5.74, 6) is -0.295. The molecule has 1 aromatic rings. The van der Waals surface area contributed by atoms with Gasteiger partial charge in [0.2, 0.25) is 5.91 Å².